The highest BCUT2D eigenvalue weighted by atomic mass is 16.7. The number of rotatable bonds is 7. The molecule has 0 bridgehead atoms. The van der Waals surface area contributed by atoms with Crippen LogP contribution in [0.5, 0.6) is 0 Å². The second-order valence-corrected chi connectivity index (χ2v) is 8.62. The lowest BCUT2D eigenvalue weighted by Gasteiger charge is -2.07. The van der Waals surface area contributed by atoms with Gasteiger partial charge in [-0.2, -0.15) is 0 Å². The molecule has 0 saturated carbocycles. The molecule has 0 aliphatic heterocycles. The summed E-state index contributed by atoms with van der Waals surface area (Å²) in [5.41, 5.74) is 4.10. The van der Waals surface area contributed by atoms with Gasteiger partial charge in [0.05, 0.1) is 0 Å². The number of Topliss-reactive ketones (excluding diaryl/α,β-unsaturated/α-hetero) is 1. The quantitative estimate of drug-likeness (QED) is 0.118. The van der Waals surface area contributed by atoms with Crippen LogP contribution in [0.15, 0.2) is 102 Å². The van der Waals surface area contributed by atoms with Gasteiger partial charge in [0.2, 0.25) is 5.78 Å². The van der Waals surface area contributed by atoms with Crippen molar-refractivity contribution in [2.24, 2.45) is 5.16 Å². The van der Waals surface area contributed by atoms with Crippen LogP contribution in [0.4, 0.5) is 0 Å². The van der Waals surface area contributed by atoms with Crippen molar-refractivity contribution in [3.63, 3.8) is 0 Å². The van der Waals surface area contributed by atoms with Crippen molar-refractivity contribution < 1.29 is 19.2 Å². The number of aryl methyl sites for hydroxylation is 1. The average Bonchev–Trinajstić information content (AvgIpc) is 3.25. The first kappa shape index (κ1) is 23.9. The third-order valence-corrected chi connectivity index (χ3v) is 6.27. The average molecular weight is 489 g/mol. The molecule has 182 valence electrons. The molecule has 5 rings (SSSR count). The molecule has 6 nitrogen and oxygen atoms in total. The van der Waals surface area contributed by atoms with E-state index in [-0.39, 0.29) is 17.3 Å². The zero-order chi connectivity index (χ0) is 25.9. The molecule has 0 N–H and O–H groups in total. The Morgan fingerprint density at radius 1 is 0.703 bits per heavy atom. The van der Waals surface area contributed by atoms with Crippen molar-refractivity contribution >= 4 is 45.1 Å². The summed E-state index contributed by atoms with van der Waals surface area (Å²) in [6.45, 7) is 4.01. The first-order valence-corrected chi connectivity index (χ1v) is 12.0. The number of benzene rings is 4. The van der Waals surface area contributed by atoms with E-state index in [1.165, 1.54) is 6.92 Å². The van der Waals surface area contributed by atoms with E-state index in [2.05, 4.69) is 16.6 Å². The summed E-state index contributed by atoms with van der Waals surface area (Å²) in [7, 11) is 0. The summed E-state index contributed by atoms with van der Waals surface area (Å²) < 4.78 is 2.15. The monoisotopic (exact) mass is 488 g/mol. The predicted molar refractivity (Wildman–Crippen MR) is 144 cm³/mol. The molecule has 0 amide bonds. The minimum absolute atomic E-state index is 0.0364. The Bertz CT molecular complexity index is 1680. The van der Waals surface area contributed by atoms with Crippen LogP contribution in [0.1, 0.15) is 45.7 Å². The number of carbonyl (C=O) groups excluding carboxylic acids is 3. The molecular formula is C31H24N2O4. The van der Waals surface area contributed by atoms with E-state index in [1.807, 2.05) is 54.6 Å². The first-order chi connectivity index (χ1) is 18.0. The molecule has 0 radical (unpaired) electrons. The molecule has 0 atom stereocenters. The van der Waals surface area contributed by atoms with Gasteiger partial charge in [-0.25, -0.2) is 4.79 Å². The maximum atomic E-state index is 13.6. The number of ketones is 2. The van der Waals surface area contributed by atoms with Crippen LogP contribution in [0.25, 0.3) is 21.8 Å². The van der Waals surface area contributed by atoms with Crippen LogP contribution in [-0.4, -0.2) is 27.8 Å². The van der Waals surface area contributed by atoms with Crippen molar-refractivity contribution in [1.82, 2.24) is 4.57 Å². The van der Waals surface area contributed by atoms with Crippen LogP contribution in [0.2, 0.25) is 0 Å². The SMILES string of the molecule is CCn1c2ccc(C(=O)/C(=N/OC(C)=O)c3ccccc3)cc2c2cc(C(=O)c3ccccc3)ccc21. The zero-order valence-electron chi connectivity index (χ0n) is 20.5. The van der Waals surface area contributed by atoms with E-state index >= 15 is 0 Å². The van der Waals surface area contributed by atoms with Gasteiger partial charge in [0.1, 0.15) is 0 Å². The second kappa shape index (κ2) is 10.0. The van der Waals surface area contributed by atoms with Gasteiger partial charge in [-0.3, -0.25) is 9.59 Å². The van der Waals surface area contributed by atoms with E-state index in [9.17, 15) is 14.4 Å². The number of fused-ring (bicyclic) bond motifs is 3. The molecule has 0 fully saturated rings. The summed E-state index contributed by atoms with van der Waals surface area (Å²) >= 11 is 0. The third kappa shape index (κ3) is 4.57. The van der Waals surface area contributed by atoms with E-state index < -0.39 is 5.97 Å². The number of hydrogen-bond acceptors (Lipinski definition) is 5. The van der Waals surface area contributed by atoms with Crippen LogP contribution < -0.4 is 0 Å². The van der Waals surface area contributed by atoms with Gasteiger partial charge in [0.15, 0.2) is 11.5 Å². The standard InChI is InChI=1S/C31H24N2O4/c1-3-33-27-16-14-23(30(35)22-12-8-5-9-13-22)18-25(27)26-19-24(15-17-28(26)33)31(36)29(32-37-20(2)34)21-10-6-4-7-11-21/h4-19H,3H2,1-2H3/b32-29+. The molecule has 4 aromatic carbocycles. The fraction of sp³-hybridized carbons (Fsp3) is 0.0968. The van der Waals surface area contributed by atoms with Crippen LogP contribution in [-0.2, 0) is 16.2 Å². The largest absolute Gasteiger partial charge is 0.341 e. The van der Waals surface area contributed by atoms with Crippen molar-refractivity contribution in [1.29, 1.82) is 0 Å². The van der Waals surface area contributed by atoms with E-state index in [0.717, 1.165) is 28.4 Å². The molecular weight excluding hydrogens is 464 g/mol. The highest BCUT2D eigenvalue weighted by Crippen LogP contribution is 2.31. The normalized spacial score (nSPS) is 11.6. The second-order valence-electron chi connectivity index (χ2n) is 8.62. The van der Waals surface area contributed by atoms with Crippen LogP contribution in [0, 0.1) is 0 Å². The lowest BCUT2D eigenvalue weighted by atomic mass is 9.98. The number of carbonyl (C=O) groups is 3. The number of hydrogen-bond donors (Lipinski definition) is 0. The Morgan fingerprint density at radius 2 is 1.24 bits per heavy atom. The van der Waals surface area contributed by atoms with E-state index in [4.69, 9.17) is 4.84 Å². The fourth-order valence-corrected chi connectivity index (χ4v) is 4.55. The third-order valence-electron chi connectivity index (χ3n) is 6.27. The van der Waals surface area contributed by atoms with Crippen LogP contribution in [0.3, 0.4) is 0 Å². The number of aromatic nitrogens is 1. The highest BCUT2D eigenvalue weighted by molar-refractivity contribution is 6.51. The fourth-order valence-electron chi connectivity index (χ4n) is 4.55. The lowest BCUT2D eigenvalue weighted by Crippen LogP contribution is -2.17. The lowest BCUT2D eigenvalue weighted by molar-refractivity contribution is -0.140. The Morgan fingerprint density at radius 3 is 1.81 bits per heavy atom. The van der Waals surface area contributed by atoms with Gasteiger partial charge in [-0.1, -0.05) is 65.8 Å². The minimum Gasteiger partial charge on any atom is -0.341 e. The van der Waals surface area contributed by atoms with Gasteiger partial charge in [0.25, 0.3) is 0 Å². The van der Waals surface area contributed by atoms with Crippen LogP contribution >= 0.6 is 0 Å². The van der Waals surface area contributed by atoms with Gasteiger partial charge in [0, 0.05) is 57.5 Å². The molecule has 0 aliphatic rings. The van der Waals surface area contributed by atoms with Crippen molar-refractivity contribution in [2.75, 3.05) is 0 Å². The number of nitrogens with zero attached hydrogens (tertiary/aromatic N) is 2. The summed E-state index contributed by atoms with van der Waals surface area (Å²) in [6, 6.07) is 29.2. The molecule has 1 aromatic heterocycles. The zero-order valence-corrected chi connectivity index (χ0v) is 20.5. The summed E-state index contributed by atoms with van der Waals surface area (Å²) in [4.78, 5) is 43.0. The van der Waals surface area contributed by atoms with Crippen molar-refractivity contribution in [3.8, 4) is 0 Å². The molecule has 6 heteroatoms. The molecule has 1 heterocycles. The topological polar surface area (TPSA) is 77.7 Å². The molecule has 0 saturated heterocycles. The Balaban J connectivity index is 1.64. The summed E-state index contributed by atoms with van der Waals surface area (Å²) in [5.74, 6) is -1.05. The Labute approximate surface area is 213 Å². The maximum Gasteiger partial charge on any atom is 0.332 e. The Kier molecular flexibility index (Phi) is 6.47. The predicted octanol–water partition coefficient (Wildman–Crippen LogP) is 6.20. The van der Waals surface area contributed by atoms with E-state index in [0.29, 0.717) is 22.3 Å². The van der Waals surface area contributed by atoms with Gasteiger partial charge >= 0.3 is 5.97 Å². The maximum absolute atomic E-state index is 13.6. The molecule has 37 heavy (non-hydrogen) atoms. The minimum atomic E-state index is -0.613. The van der Waals surface area contributed by atoms with Crippen molar-refractivity contribution in [2.45, 2.75) is 20.4 Å². The molecule has 0 spiro atoms. The van der Waals surface area contributed by atoms with Gasteiger partial charge in [-0.15, -0.1) is 0 Å². The molecule has 5 aromatic rings. The Hall–Kier alpha value is -4.84. The smallest absolute Gasteiger partial charge is 0.332 e. The molecule has 0 unspecified atom stereocenters. The highest BCUT2D eigenvalue weighted by Gasteiger charge is 2.20. The summed E-state index contributed by atoms with van der Waals surface area (Å²) in [6.07, 6.45) is 0. The van der Waals surface area contributed by atoms with Gasteiger partial charge in [-0.05, 0) is 43.3 Å². The van der Waals surface area contributed by atoms with Crippen molar-refractivity contribution in [3.05, 3.63) is 119 Å². The van der Waals surface area contributed by atoms with Gasteiger partial charge < -0.3 is 9.40 Å². The van der Waals surface area contributed by atoms with E-state index in [1.54, 1.807) is 42.5 Å². The first-order valence-electron chi connectivity index (χ1n) is 12.0. The summed E-state index contributed by atoms with van der Waals surface area (Å²) in [5, 5.41) is 5.61. The number of oxime groups is 1. The molecule has 0 aliphatic carbocycles.